The number of likely N-dealkylation sites (N-methyl/N-ethyl adjacent to an activating group) is 1. The third kappa shape index (κ3) is 21.3. The highest BCUT2D eigenvalue weighted by Gasteiger charge is 2.26. The van der Waals surface area contributed by atoms with Crippen LogP contribution < -0.4 is 0 Å². The van der Waals surface area contributed by atoms with Crippen LogP contribution in [0.5, 0.6) is 0 Å². The monoisotopic (exact) mass is 496 g/mol. The molecule has 196 valence electrons. The van der Waals surface area contributed by atoms with E-state index in [2.05, 4.69) is 6.92 Å². The number of phosphoric acid groups is 1. The number of carbonyl (C=O) groups is 2. The van der Waals surface area contributed by atoms with Crippen molar-refractivity contribution < 1.29 is 42.1 Å². The number of phosphoric ester groups is 1. The van der Waals surface area contributed by atoms with E-state index in [0.717, 1.165) is 19.3 Å². The van der Waals surface area contributed by atoms with Crippen LogP contribution in [-0.4, -0.2) is 74.9 Å². The van der Waals surface area contributed by atoms with Gasteiger partial charge >= 0.3 is 19.8 Å². The van der Waals surface area contributed by atoms with E-state index in [1.165, 1.54) is 38.5 Å². The van der Waals surface area contributed by atoms with Gasteiger partial charge in [-0.3, -0.25) is 18.6 Å². The molecule has 0 aliphatic rings. The first kappa shape index (κ1) is 32.0. The van der Waals surface area contributed by atoms with E-state index in [-0.39, 0.29) is 32.0 Å². The summed E-state index contributed by atoms with van der Waals surface area (Å²) in [6.45, 7) is 3.73. The molecule has 0 aromatic heterocycles. The zero-order chi connectivity index (χ0) is 25.2. The van der Waals surface area contributed by atoms with E-state index in [1.54, 1.807) is 6.92 Å². The molecule has 0 saturated carbocycles. The second kappa shape index (κ2) is 18.4. The fourth-order valence-corrected chi connectivity index (χ4v) is 3.61. The van der Waals surface area contributed by atoms with Crippen LogP contribution in [0.1, 0.15) is 84.5 Å². The van der Waals surface area contributed by atoms with Crippen molar-refractivity contribution in [3.05, 3.63) is 0 Å². The number of hydrogen-bond donors (Lipinski definition) is 1. The Morgan fingerprint density at radius 1 is 0.848 bits per heavy atom. The van der Waals surface area contributed by atoms with E-state index < -0.39 is 26.5 Å². The van der Waals surface area contributed by atoms with Crippen LogP contribution in [0.2, 0.25) is 0 Å². The van der Waals surface area contributed by atoms with Gasteiger partial charge in [-0.25, -0.2) is 4.57 Å². The van der Waals surface area contributed by atoms with Gasteiger partial charge in [-0.1, -0.05) is 65.2 Å². The fourth-order valence-electron chi connectivity index (χ4n) is 2.87. The Balaban J connectivity index is 4.23. The molecular formula is C23H47NO8P+. The maximum atomic E-state index is 12.1. The van der Waals surface area contributed by atoms with Crippen molar-refractivity contribution in [3.8, 4) is 0 Å². The molecule has 0 aliphatic heterocycles. The molecule has 1 unspecified atom stereocenters. The molecule has 0 aromatic rings. The number of unbranched alkanes of at least 4 members (excludes halogenated alkanes) is 8. The number of rotatable bonds is 21. The van der Waals surface area contributed by atoms with Gasteiger partial charge in [0.2, 0.25) is 0 Å². The predicted molar refractivity (Wildman–Crippen MR) is 128 cm³/mol. The summed E-state index contributed by atoms with van der Waals surface area (Å²) in [5.74, 6) is -0.904. The van der Waals surface area contributed by atoms with Gasteiger partial charge in [-0.15, -0.1) is 0 Å². The number of esters is 2. The lowest BCUT2D eigenvalue weighted by Gasteiger charge is -2.24. The average Bonchev–Trinajstić information content (AvgIpc) is 2.73. The molecule has 0 aliphatic carbocycles. The van der Waals surface area contributed by atoms with E-state index in [0.29, 0.717) is 11.0 Å². The molecule has 0 radical (unpaired) electrons. The van der Waals surface area contributed by atoms with Crippen LogP contribution in [0.3, 0.4) is 0 Å². The second-order valence-electron chi connectivity index (χ2n) is 9.34. The summed E-state index contributed by atoms with van der Waals surface area (Å²) in [7, 11) is 1.47. The largest absolute Gasteiger partial charge is 0.472 e. The van der Waals surface area contributed by atoms with Crippen molar-refractivity contribution in [2.45, 2.75) is 90.6 Å². The van der Waals surface area contributed by atoms with Gasteiger partial charge in [0.05, 0.1) is 27.7 Å². The van der Waals surface area contributed by atoms with Gasteiger partial charge in [0.1, 0.15) is 19.8 Å². The molecule has 0 saturated heterocycles. The highest BCUT2D eigenvalue weighted by molar-refractivity contribution is 7.47. The lowest BCUT2D eigenvalue weighted by atomic mass is 10.1. The first-order chi connectivity index (χ1) is 15.5. The Morgan fingerprint density at radius 3 is 1.97 bits per heavy atom. The van der Waals surface area contributed by atoms with Crippen molar-refractivity contribution in [2.24, 2.45) is 0 Å². The molecule has 0 aromatic carbocycles. The molecule has 0 fully saturated rings. The van der Waals surface area contributed by atoms with E-state index in [4.69, 9.17) is 18.5 Å². The lowest BCUT2D eigenvalue weighted by molar-refractivity contribution is -0.870. The SMILES string of the molecule is CCCCCCCCCCCC(=O)OC[C@@H](COP(=O)(O)OCC[N+](C)(C)C)OC(=O)CC. The summed E-state index contributed by atoms with van der Waals surface area (Å²) in [5.41, 5.74) is 0. The van der Waals surface area contributed by atoms with Crippen LogP contribution in [0.15, 0.2) is 0 Å². The van der Waals surface area contributed by atoms with Gasteiger partial charge in [0, 0.05) is 12.8 Å². The minimum absolute atomic E-state index is 0.0322. The summed E-state index contributed by atoms with van der Waals surface area (Å²) in [4.78, 5) is 33.5. The van der Waals surface area contributed by atoms with Gasteiger partial charge in [-0.2, -0.15) is 0 Å². The normalized spacial score (nSPS) is 14.5. The second-order valence-corrected chi connectivity index (χ2v) is 10.8. The molecular weight excluding hydrogens is 449 g/mol. The summed E-state index contributed by atoms with van der Waals surface area (Å²) in [6.07, 6.45) is 9.79. The van der Waals surface area contributed by atoms with E-state index in [1.807, 2.05) is 21.1 Å². The zero-order valence-electron chi connectivity index (χ0n) is 21.4. The van der Waals surface area contributed by atoms with Crippen molar-refractivity contribution in [1.82, 2.24) is 0 Å². The van der Waals surface area contributed by atoms with Crippen LogP contribution in [0.25, 0.3) is 0 Å². The maximum Gasteiger partial charge on any atom is 0.472 e. The van der Waals surface area contributed by atoms with Crippen molar-refractivity contribution in [1.29, 1.82) is 0 Å². The Hall–Kier alpha value is -0.990. The molecule has 0 heterocycles. The average molecular weight is 497 g/mol. The van der Waals surface area contributed by atoms with E-state index in [9.17, 15) is 19.0 Å². The molecule has 0 rings (SSSR count). The Kier molecular flexibility index (Phi) is 17.8. The first-order valence-corrected chi connectivity index (χ1v) is 13.8. The van der Waals surface area contributed by atoms with Gasteiger partial charge in [0.25, 0.3) is 0 Å². The number of hydrogen-bond acceptors (Lipinski definition) is 7. The van der Waals surface area contributed by atoms with Crippen molar-refractivity contribution >= 4 is 19.8 Å². The number of carbonyl (C=O) groups excluding carboxylic acids is 2. The van der Waals surface area contributed by atoms with Crippen molar-refractivity contribution in [2.75, 3.05) is 47.5 Å². The molecule has 10 heteroatoms. The number of nitrogens with zero attached hydrogens (tertiary/aromatic N) is 1. The van der Waals surface area contributed by atoms with Crippen LogP contribution >= 0.6 is 7.82 Å². The molecule has 9 nitrogen and oxygen atoms in total. The smallest absolute Gasteiger partial charge is 0.462 e. The van der Waals surface area contributed by atoms with Crippen LogP contribution in [0, 0.1) is 0 Å². The number of quaternary nitrogens is 1. The standard InChI is InChI=1S/C23H46NO8P/c1-6-8-9-10-11-12-13-14-15-16-23(26)29-19-21(32-22(25)7-2)20-31-33(27,28)30-18-17-24(3,4)5/h21H,6-20H2,1-5H3/p+1/t21-/m0/s1. The third-order valence-corrected chi connectivity index (χ3v) is 5.93. The summed E-state index contributed by atoms with van der Waals surface area (Å²) < 4.78 is 32.9. The third-order valence-electron chi connectivity index (χ3n) is 4.94. The first-order valence-electron chi connectivity index (χ1n) is 12.3. The van der Waals surface area contributed by atoms with Gasteiger partial charge in [-0.05, 0) is 6.42 Å². The Bertz CT molecular complexity index is 579. The molecule has 2 atom stereocenters. The molecule has 0 amide bonds. The summed E-state index contributed by atoms with van der Waals surface area (Å²) in [5, 5.41) is 0. The quantitative estimate of drug-likeness (QED) is 0.106. The van der Waals surface area contributed by atoms with E-state index >= 15 is 0 Å². The lowest BCUT2D eigenvalue weighted by Crippen LogP contribution is -2.37. The fraction of sp³-hybridized carbons (Fsp3) is 0.913. The zero-order valence-corrected chi connectivity index (χ0v) is 22.3. The van der Waals surface area contributed by atoms with Gasteiger partial charge in [0.15, 0.2) is 6.10 Å². The predicted octanol–water partition coefficient (Wildman–Crippen LogP) is 4.61. The maximum absolute atomic E-state index is 12.1. The summed E-state index contributed by atoms with van der Waals surface area (Å²) in [6, 6.07) is 0. The van der Waals surface area contributed by atoms with Crippen molar-refractivity contribution in [3.63, 3.8) is 0 Å². The topological polar surface area (TPSA) is 108 Å². The minimum atomic E-state index is -4.31. The molecule has 0 bridgehead atoms. The Morgan fingerprint density at radius 2 is 1.42 bits per heavy atom. The molecule has 1 N–H and O–H groups in total. The molecule has 33 heavy (non-hydrogen) atoms. The highest BCUT2D eigenvalue weighted by Crippen LogP contribution is 2.43. The minimum Gasteiger partial charge on any atom is -0.462 e. The van der Waals surface area contributed by atoms with Crippen LogP contribution in [-0.2, 0) is 32.7 Å². The van der Waals surface area contributed by atoms with Gasteiger partial charge < -0.3 is 18.9 Å². The van der Waals surface area contributed by atoms with Crippen LogP contribution in [0.4, 0.5) is 0 Å². The highest BCUT2D eigenvalue weighted by atomic mass is 31.2. The summed E-state index contributed by atoms with van der Waals surface area (Å²) >= 11 is 0. The molecule has 0 spiro atoms. The Labute approximate surface area is 200 Å². The number of ether oxygens (including phenoxy) is 2.